The van der Waals surface area contributed by atoms with Gasteiger partial charge in [0.1, 0.15) is 0 Å². The molecule has 0 aromatic heterocycles. The quantitative estimate of drug-likeness (QED) is 0.202. The van der Waals surface area contributed by atoms with Crippen LogP contribution in [0.5, 0.6) is 0 Å². The molecule has 0 amide bonds. The summed E-state index contributed by atoms with van der Waals surface area (Å²) in [5.74, 6) is -0.905. The summed E-state index contributed by atoms with van der Waals surface area (Å²) in [6, 6.07) is 9.51. The van der Waals surface area contributed by atoms with Crippen molar-refractivity contribution in [2.45, 2.75) is 201 Å². The number of nitrogens with one attached hydrogen (secondary N) is 3. The summed E-state index contributed by atoms with van der Waals surface area (Å²) in [7, 11) is 0. The number of aliphatic hydroxyl groups excluding tert-OH is 2. The summed E-state index contributed by atoms with van der Waals surface area (Å²) in [6.45, 7) is 5.92. The predicted molar refractivity (Wildman–Crippen MR) is 222 cm³/mol. The molecule has 0 radical (unpaired) electrons. The molecule has 7 rings (SSSR count). The Balaban J connectivity index is 1.22. The van der Waals surface area contributed by atoms with Gasteiger partial charge < -0.3 is 36.8 Å². The number of carboxylic acid groups (broad SMARTS) is 1. The van der Waals surface area contributed by atoms with Crippen LogP contribution in [0.15, 0.2) is 29.3 Å². The molecule has 0 unspecified atom stereocenters. The van der Waals surface area contributed by atoms with E-state index in [9.17, 15) is 25.2 Å². The fraction of sp³-hybridized carbons (Fsp3) is 0.822. The van der Waals surface area contributed by atoms with Gasteiger partial charge in [0.15, 0.2) is 0 Å². The second kappa shape index (κ2) is 17.7. The summed E-state index contributed by atoms with van der Waals surface area (Å²) in [5, 5.41) is 56.8. The Hall–Kier alpha value is -1.96. The van der Waals surface area contributed by atoms with E-state index in [-0.39, 0.29) is 65.6 Å². The third-order valence-corrected chi connectivity index (χ3v) is 15.8. The molecule has 2 spiro atoms. The van der Waals surface area contributed by atoms with Gasteiger partial charge in [0.2, 0.25) is 0 Å². The van der Waals surface area contributed by atoms with E-state index in [4.69, 9.17) is 5.73 Å². The number of aliphatic hydroxyl groups is 3. The standard InChI is InChI=1S/C45H74N6O5/c1-31-37(52)25-36(51-21-20-47-30-51)35(49-31)24-38(53)33-11-9-15-43(13-6-7-14-43)18-19-44(56,28-41(54)55)29-48-42(2)26-39(50-40(46)27-42)45(16-4-3-5-17-45)34-12-8-10-32(22-33)23-34/h8,10,12,20,23,31,33,35-40,48-50,52-53,56H,3-7,9,11,13-19,21-22,24-30,46H2,1-2H3,(H,54,55)/t31-,33-,35+,36-,37+,38-,39+,40-,42-,44+/m0/s1. The summed E-state index contributed by atoms with van der Waals surface area (Å²) >= 11 is 0. The van der Waals surface area contributed by atoms with E-state index in [1.807, 2.05) is 6.21 Å². The fourth-order valence-electron chi connectivity index (χ4n) is 12.4. The lowest BCUT2D eigenvalue weighted by Crippen LogP contribution is -2.67. The zero-order valence-corrected chi connectivity index (χ0v) is 34.4. The van der Waals surface area contributed by atoms with Gasteiger partial charge in [0.25, 0.3) is 0 Å². The van der Waals surface area contributed by atoms with Crippen molar-refractivity contribution in [3.8, 4) is 0 Å². The number of nitrogens with zero attached hydrogens (tertiary/aromatic N) is 2. The smallest absolute Gasteiger partial charge is 0.306 e. The maximum absolute atomic E-state index is 12.4. The van der Waals surface area contributed by atoms with Gasteiger partial charge in [-0.1, -0.05) is 62.8 Å². The molecule has 314 valence electrons. The lowest BCUT2D eigenvalue weighted by Gasteiger charge is -2.53. The van der Waals surface area contributed by atoms with Gasteiger partial charge >= 0.3 is 5.97 Å². The molecule has 2 saturated carbocycles. The molecule has 2 saturated heterocycles. The number of benzene rings is 1. The number of aliphatic carboxylic acids is 1. The number of hydrogen-bond acceptors (Lipinski definition) is 10. The summed E-state index contributed by atoms with van der Waals surface area (Å²) in [5.41, 5.74) is 7.75. The Kier molecular flexibility index (Phi) is 13.3. The van der Waals surface area contributed by atoms with Crippen molar-refractivity contribution in [1.29, 1.82) is 0 Å². The molecule has 2 aliphatic carbocycles. The number of nitrogens with two attached hydrogens (primary N) is 1. The van der Waals surface area contributed by atoms with E-state index in [2.05, 4.69) is 64.0 Å². The second-order valence-electron chi connectivity index (χ2n) is 19.9. The van der Waals surface area contributed by atoms with Gasteiger partial charge in [-0.05, 0) is 120 Å². The molecule has 4 fully saturated rings. The van der Waals surface area contributed by atoms with E-state index in [0.29, 0.717) is 32.4 Å². The Morgan fingerprint density at radius 2 is 1.77 bits per heavy atom. The van der Waals surface area contributed by atoms with E-state index in [1.165, 1.54) is 30.4 Å². The summed E-state index contributed by atoms with van der Waals surface area (Å²) in [4.78, 5) is 19.1. The highest BCUT2D eigenvalue weighted by Gasteiger charge is 2.49. The minimum Gasteiger partial charge on any atom is -0.481 e. The molecule has 6 aliphatic rings. The van der Waals surface area contributed by atoms with Gasteiger partial charge in [-0.3, -0.25) is 20.0 Å². The van der Waals surface area contributed by atoms with Crippen LogP contribution in [0.2, 0.25) is 0 Å². The first-order valence-electron chi connectivity index (χ1n) is 22.4. The van der Waals surface area contributed by atoms with Gasteiger partial charge in [0.05, 0.1) is 37.1 Å². The number of fused-ring (bicyclic) bond motifs is 6. The van der Waals surface area contributed by atoms with Crippen molar-refractivity contribution >= 4 is 12.2 Å². The molecular formula is C45H74N6O5. The monoisotopic (exact) mass is 779 g/mol. The third kappa shape index (κ3) is 9.73. The van der Waals surface area contributed by atoms with Crippen LogP contribution in [0.1, 0.15) is 147 Å². The molecule has 10 atom stereocenters. The molecule has 4 bridgehead atoms. The topological polar surface area (TPSA) is 176 Å². The Morgan fingerprint density at radius 1 is 1.02 bits per heavy atom. The molecular weight excluding hydrogens is 705 g/mol. The van der Waals surface area contributed by atoms with Crippen molar-refractivity contribution in [1.82, 2.24) is 20.9 Å². The van der Waals surface area contributed by atoms with Crippen LogP contribution in [-0.2, 0) is 16.6 Å². The van der Waals surface area contributed by atoms with Crippen LogP contribution in [0.3, 0.4) is 0 Å². The highest BCUT2D eigenvalue weighted by Crippen LogP contribution is 2.49. The summed E-state index contributed by atoms with van der Waals surface area (Å²) in [6.07, 6.45) is 18.6. The van der Waals surface area contributed by atoms with Gasteiger partial charge in [-0.2, -0.15) is 0 Å². The Bertz CT molecular complexity index is 1490. The zero-order valence-electron chi connectivity index (χ0n) is 34.4. The first-order valence-corrected chi connectivity index (χ1v) is 22.4. The molecule has 11 nitrogen and oxygen atoms in total. The van der Waals surface area contributed by atoms with Crippen LogP contribution in [0.25, 0.3) is 0 Å². The van der Waals surface area contributed by atoms with Crippen molar-refractivity contribution < 1.29 is 25.2 Å². The van der Waals surface area contributed by atoms with E-state index in [0.717, 1.165) is 83.6 Å². The van der Waals surface area contributed by atoms with Crippen molar-refractivity contribution in [2.75, 3.05) is 19.8 Å². The molecule has 1 aromatic rings. The lowest BCUT2D eigenvalue weighted by atomic mass is 9.61. The first-order chi connectivity index (χ1) is 26.8. The third-order valence-electron chi connectivity index (χ3n) is 15.8. The van der Waals surface area contributed by atoms with E-state index < -0.39 is 23.8 Å². The van der Waals surface area contributed by atoms with Crippen LogP contribution in [0.4, 0.5) is 0 Å². The number of hydrogen-bond donors (Lipinski definition) is 8. The molecule has 1 aromatic carbocycles. The number of carbonyl (C=O) groups is 1. The highest BCUT2D eigenvalue weighted by atomic mass is 16.4. The van der Waals surface area contributed by atoms with Crippen molar-refractivity contribution in [3.05, 3.63) is 35.4 Å². The van der Waals surface area contributed by atoms with Crippen LogP contribution < -0.4 is 21.7 Å². The van der Waals surface area contributed by atoms with Crippen LogP contribution in [-0.4, -0.2) is 111 Å². The molecule has 11 heteroatoms. The van der Waals surface area contributed by atoms with Gasteiger partial charge in [-0.25, -0.2) is 0 Å². The maximum atomic E-state index is 12.4. The number of carboxylic acids is 1. The largest absolute Gasteiger partial charge is 0.481 e. The minimum absolute atomic E-state index is 0.0406. The minimum atomic E-state index is -1.36. The number of aliphatic imine (C=N–C) groups is 1. The average molecular weight is 779 g/mol. The Labute approximate surface area is 336 Å². The summed E-state index contributed by atoms with van der Waals surface area (Å²) < 4.78 is 0. The lowest BCUT2D eigenvalue weighted by molar-refractivity contribution is -0.143. The normalized spacial score (nSPS) is 38.9. The van der Waals surface area contributed by atoms with Crippen LogP contribution >= 0.6 is 0 Å². The molecule has 4 heterocycles. The number of rotatable bonds is 6. The molecule has 56 heavy (non-hydrogen) atoms. The maximum Gasteiger partial charge on any atom is 0.306 e. The SMILES string of the molecule is C[C@@H]1N[C@H](C[C@H](O)[C@H]2CCCC3(CCCC3)CC[C@@](O)(CC(=O)O)CN[C@]3(C)C[C@@H](N)N[C@H](C3)C3(CCCCC3)c3cccc(c3)C2)[C@@H](N2CC=NC2)C[C@H]1O. The number of β-amino-alcohol motifs (C(OH)–C–C–N with tert-alkyl or cyclic N) is 1. The predicted octanol–water partition coefficient (Wildman–Crippen LogP) is 4.74. The molecule has 9 N–H and O–H groups in total. The van der Waals surface area contributed by atoms with E-state index >= 15 is 0 Å². The van der Waals surface area contributed by atoms with Crippen molar-refractivity contribution in [3.63, 3.8) is 0 Å². The zero-order chi connectivity index (χ0) is 39.6. The average Bonchev–Trinajstić information content (AvgIpc) is 3.88. The van der Waals surface area contributed by atoms with Crippen molar-refractivity contribution in [2.24, 2.45) is 22.1 Å². The Morgan fingerprint density at radius 3 is 2.50 bits per heavy atom. The second-order valence-corrected chi connectivity index (χ2v) is 19.9. The fourth-order valence-corrected chi connectivity index (χ4v) is 12.4. The number of piperidine rings is 2. The molecule has 4 aliphatic heterocycles. The van der Waals surface area contributed by atoms with E-state index in [1.54, 1.807) is 0 Å². The van der Waals surface area contributed by atoms with Gasteiger partial charge in [0, 0.05) is 54.4 Å². The van der Waals surface area contributed by atoms with Gasteiger partial charge in [-0.15, -0.1) is 0 Å². The highest BCUT2D eigenvalue weighted by molar-refractivity contribution is 5.68. The van der Waals surface area contributed by atoms with Crippen LogP contribution in [0, 0.1) is 11.3 Å². The first kappa shape index (κ1) is 42.2.